The van der Waals surface area contributed by atoms with E-state index < -0.39 is 10.0 Å². The summed E-state index contributed by atoms with van der Waals surface area (Å²) >= 11 is 0. The molecule has 0 saturated carbocycles. The van der Waals surface area contributed by atoms with Crippen molar-refractivity contribution in [2.24, 2.45) is 0 Å². The zero-order valence-electron chi connectivity index (χ0n) is 11.1. The van der Waals surface area contributed by atoms with Crippen LogP contribution in [-0.4, -0.2) is 25.3 Å². The van der Waals surface area contributed by atoms with Crippen LogP contribution in [0.5, 0.6) is 0 Å². The van der Waals surface area contributed by atoms with Crippen LogP contribution < -0.4 is 4.72 Å². The van der Waals surface area contributed by atoms with Crippen molar-refractivity contribution in [2.75, 3.05) is 6.61 Å². The fourth-order valence-corrected chi connectivity index (χ4v) is 2.75. The standard InChI is InChI=1S/C14H14N2O4S/c17-10-4-3-6-12-5-1-2-7-14(12)21(18,19)16-11-13-8-9-15-20-13/h1-2,5,7-9,16-17H,4,10-11H2. The van der Waals surface area contributed by atoms with Gasteiger partial charge in [0.05, 0.1) is 24.2 Å². The van der Waals surface area contributed by atoms with Crippen LogP contribution in [0, 0.1) is 11.8 Å². The van der Waals surface area contributed by atoms with Crippen LogP contribution in [0.1, 0.15) is 17.7 Å². The summed E-state index contributed by atoms with van der Waals surface area (Å²) in [5.74, 6) is 5.88. The molecule has 110 valence electrons. The molecule has 6 nitrogen and oxygen atoms in total. The molecule has 0 saturated heterocycles. The SMILES string of the molecule is O=S(=O)(NCc1ccno1)c1ccccc1C#CCCO. The molecular formula is C14H14N2O4S. The lowest BCUT2D eigenvalue weighted by atomic mass is 10.2. The Kier molecular flexibility index (Phi) is 5.11. The number of aliphatic hydroxyl groups excluding tert-OH is 1. The summed E-state index contributed by atoms with van der Waals surface area (Å²) in [6.07, 6.45) is 1.73. The van der Waals surface area contributed by atoms with Crippen molar-refractivity contribution in [1.29, 1.82) is 0 Å². The average molecular weight is 306 g/mol. The zero-order valence-corrected chi connectivity index (χ0v) is 11.9. The van der Waals surface area contributed by atoms with E-state index in [9.17, 15) is 8.42 Å². The summed E-state index contributed by atoms with van der Waals surface area (Å²) in [4.78, 5) is 0.0926. The molecule has 21 heavy (non-hydrogen) atoms. The second kappa shape index (κ2) is 7.04. The number of hydrogen-bond acceptors (Lipinski definition) is 5. The minimum atomic E-state index is -3.71. The molecule has 1 heterocycles. The Morgan fingerprint density at radius 2 is 2.10 bits per heavy atom. The van der Waals surface area contributed by atoms with Crippen LogP contribution >= 0.6 is 0 Å². The Bertz CT molecular complexity index is 743. The molecule has 2 rings (SSSR count). The molecule has 7 heteroatoms. The first kappa shape index (κ1) is 15.3. The van der Waals surface area contributed by atoms with E-state index in [1.54, 1.807) is 24.3 Å². The highest BCUT2D eigenvalue weighted by Gasteiger charge is 2.17. The molecule has 0 fully saturated rings. The van der Waals surface area contributed by atoms with Gasteiger partial charge >= 0.3 is 0 Å². The molecule has 0 aliphatic carbocycles. The van der Waals surface area contributed by atoms with Gasteiger partial charge in [-0.3, -0.25) is 0 Å². The van der Waals surface area contributed by atoms with Crippen LogP contribution in [-0.2, 0) is 16.6 Å². The fraction of sp³-hybridized carbons (Fsp3) is 0.214. The average Bonchev–Trinajstić information content (AvgIpc) is 2.99. The van der Waals surface area contributed by atoms with E-state index in [1.165, 1.54) is 12.3 Å². The van der Waals surface area contributed by atoms with Gasteiger partial charge in [0.15, 0.2) is 5.76 Å². The molecular weight excluding hydrogens is 292 g/mol. The van der Waals surface area contributed by atoms with Crippen molar-refractivity contribution < 1.29 is 18.0 Å². The van der Waals surface area contributed by atoms with E-state index in [0.29, 0.717) is 17.7 Å². The summed E-state index contributed by atoms with van der Waals surface area (Å²) in [6.45, 7) is -0.0492. The third-order valence-corrected chi connectivity index (χ3v) is 4.02. The first-order chi connectivity index (χ1) is 10.1. The van der Waals surface area contributed by atoms with Gasteiger partial charge in [-0.1, -0.05) is 29.1 Å². The topological polar surface area (TPSA) is 92.4 Å². The smallest absolute Gasteiger partial charge is 0.242 e. The molecule has 2 aromatic rings. The Morgan fingerprint density at radius 3 is 2.81 bits per heavy atom. The molecule has 0 radical (unpaired) electrons. The second-order valence-electron chi connectivity index (χ2n) is 4.07. The number of nitrogens with one attached hydrogen (secondary N) is 1. The molecule has 0 aliphatic heterocycles. The van der Waals surface area contributed by atoms with Crippen LogP contribution in [0.3, 0.4) is 0 Å². The first-order valence-electron chi connectivity index (χ1n) is 6.21. The number of aliphatic hydroxyl groups is 1. The number of nitrogens with zero attached hydrogens (tertiary/aromatic N) is 1. The molecule has 1 aromatic carbocycles. The Morgan fingerprint density at radius 1 is 1.29 bits per heavy atom. The largest absolute Gasteiger partial charge is 0.395 e. The number of rotatable bonds is 5. The Balaban J connectivity index is 2.21. The quantitative estimate of drug-likeness (QED) is 0.800. The third-order valence-electron chi connectivity index (χ3n) is 2.56. The summed E-state index contributed by atoms with van der Waals surface area (Å²) in [5.41, 5.74) is 0.385. The molecule has 0 atom stereocenters. The predicted octanol–water partition coefficient (Wildman–Crippen LogP) is 0.887. The summed E-state index contributed by atoms with van der Waals surface area (Å²) in [7, 11) is -3.71. The maximum absolute atomic E-state index is 12.3. The first-order valence-corrected chi connectivity index (χ1v) is 7.70. The normalized spacial score (nSPS) is 10.9. The molecule has 1 aromatic heterocycles. The summed E-state index contributed by atoms with van der Waals surface area (Å²) in [6, 6.07) is 8.01. The molecule has 2 N–H and O–H groups in total. The van der Waals surface area contributed by atoms with Gasteiger partial charge in [0.1, 0.15) is 0 Å². The Labute approximate surface area is 122 Å². The van der Waals surface area contributed by atoms with Gasteiger partial charge in [-0.15, -0.1) is 0 Å². The maximum Gasteiger partial charge on any atom is 0.242 e. The zero-order chi connectivity index (χ0) is 15.1. The van der Waals surface area contributed by atoms with E-state index in [0.717, 1.165) is 0 Å². The van der Waals surface area contributed by atoms with Crippen molar-refractivity contribution in [2.45, 2.75) is 17.9 Å². The van der Waals surface area contributed by atoms with Crippen molar-refractivity contribution in [1.82, 2.24) is 9.88 Å². The molecule has 0 aliphatic rings. The van der Waals surface area contributed by atoms with E-state index >= 15 is 0 Å². The predicted molar refractivity (Wildman–Crippen MR) is 75.6 cm³/mol. The van der Waals surface area contributed by atoms with Gasteiger partial charge in [0.25, 0.3) is 0 Å². The van der Waals surface area contributed by atoms with Crippen molar-refractivity contribution >= 4 is 10.0 Å². The lowest BCUT2D eigenvalue weighted by Gasteiger charge is -2.07. The molecule has 0 unspecified atom stereocenters. The van der Waals surface area contributed by atoms with Gasteiger partial charge in [0, 0.05) is 18.1 Å². The number of benzene rings is 1. The van der Waals surface area contributed by atoms with E-state index in [2.05, 4.69) is 21.7 Å². The van der Waals surface area contributed by atoms with Crippen molar-refractivity contribution in [3.05, 3.63) is 47.9 Å². The van der Waals surface area contributed by atoms with Crippen molar-refractivity contribution in [3.8, 4) is 11.8 Å². The van der Waals surface area contributed by atoms with Gasteiger partial charge in [-0.25, -0.2) is 13.1 Å². The number of hydrogen-bond donors (Lipinski definition) is 2. The van der Waals surface area contributed by atoms with Gasteiger partial charge < -0.3 is 9.63 Å². The lowest BCUT2D eigenvalue weighted by Crippen LogP contribution is -2.23. The van der Waals surface area contributed by atoms with Gasteiger partial charge in [-0.05, 0) is 12.1 Å². The molecule has 0 spiro atoms. The molecule has 0 bridgehead atoms. The minimum Gasteiger partial charge on any atom is -0.395 e. The van der Waals surface area contributed by atoms with Gasteiger partial charge in [0.2, 0.25) is 10.0 Å². The van der Waals surface area contributed by atoms with Crippen molar-refractivity contribution in [3.63, 3.8) is 0 Å². The second-order valence-corrected chi connectivity index (χ2v) is 5.81. The highest BCUT2D eigenvalue weighted by molar-refractivity contribution is 7.89. The van der Waals surface area contributed by atoms with Crippen LogP contribution in [0.2, 0.25) is 0 Å². The van der Waals surface area contributed by atoms with E-state index in [-0.39, 0.29) is 18.0 Å². The van der Waals surface area contributed by atoms with E-state index in [1.807, 2.05) is 0 Å². The highest BCUT2D eigenvalue weighted by Crippen LogP contribution is 2.14. The van der Waals surface area contributed by atoms with Crippen LogP contribution in [0.25, 0.3) is 0 Å². The summed E-state index contributed by atoms with van der Waals surface area (Å²) in [5, 5.41) is 12.2. The highest BCUT2D eigenvalue weighted by atomic mass is 32.2. The van der Waals surface area contributed by atoms with Crippen LogP contribution in [0.4, 0.5) is 0 Å². The Hall–Kier alpha value is -2.14. The fourth-order valence-electron chi connectivity index (χ4n) is 1.60. The number of sulfonamides is 1. The molecule has 0 amide bonds. The number of aromatic nitrogens is 1. The van der Waals surface area contributed by atoms with Crippen LogP contribution in [0.15, 0.2) is 45.9 Å². The maximum atomic E-state index is 12.3. The summed E-state index contributed by atoms with van der Waals surface area (Å²) < 4.78 is 31.9. The van der Waals surface area contributed by atoms with E-state index in [4.69, 9.17) is 9.63 Å². The lowest BCUT2D eigenvalue weighted by molar-refractivity contribution is 0.305. The minimum absolute atomic E-state index is 0.0146. The van der Waals surface area contributed by atoms with Gasteiger partial charge in [-0.2, -0.15) is 0 Å². The monoisotopic (exact) mass is 306 g/mol. The third kappa shape index (κ3) is 4.16.